The SMILES string of the molecule is O=C(CC1CCCCC1)NCCNC(=O)[C@@H]1Cc2ccccc21. The van der Waals surface area contributed by atoms with Crippen molar-refractivity contribution in [3.63, 3.8) is 0 Å². The van der Waals surface area contributed by atoms with E-state index in [1.807, 2.05) is 18.2 Å². The van der Waals surface area contributed by atoms with Crippen LogP contribution in [0.4, 0.5) is 0 Å². The van der Waals surface area contributed by atoms with Crippen LogP contribution in [0, 0.1) is 5.92 Å². The van der Waals surface area contributed by atoms with Crippen molar-refractivity contribution in [1.29, 1.82) is 0 Å². The van der Waals surface area contributed by atoms with Crippen LogP contribution in [0.2, 0.25) is 0 Å². The molecule has 4 nitrogen and oxygen atoms in total. The molecule has 23 heavy (non-hydrogen) atoms. The molecule has 1 saturated carbocycles. The maximum atomic E-state index is 12.1. The first-order chi connectivity index (χ1) is 11.2. The fourth-order valence-electron chi connectivity index (χ4n) is 3.73. The minimum atomic E-state index is -0.0101. The summed E-state index contributed by atoms with van der Waals surface area (Å²) < 4.78 is 0. The number of hydrogen-bond donors (Lipinski definition) is 2. The van der Waals surface area contributed by atoms with E-state index in [0.717, 1.165) is 12.0 Å². The Labute approximate surface area is 138 Å². The highest BCUT2D eigenvalue weighted by Gasteiger charge is 2.31. The fraction of sp³-hybridized carbons (Fsp3) is 0.579. The summed E-state index contributed by atoms with van der Waals surface area (Å²) in [7, 11) is 0. The minimum Gasteiger partial charge on any atom is -0.354 e. The summed E-state index contributed by atoms with van der Waals surface area (Å²) in [4.78, 5) is 24.0. The lowest BCUT2D eigenvalue weighted by atomic mass is 9.77. The van der Waals surface area contributed by atoms with Crippen LogP contribution in [-0.4, -0.2) is 24.9 Å². The van der Waals surface area contributed by atoms with Gasteiger partial charge in [-0.05, 0) is 36.3 Å². The van der Waals surface area contributed by atoms with Crippen molar-refractivity contribution in [2.45, 2.75) is 50.9 Å². The highest BCUT2D eigenvalue weighted by molar-refractivity contribution is 5.86. The Hall–Kier alpha value is -1.84. The Morgan fingerprint density at radius 2 is 1.74 bits per heavy atom. The summed E-state index contributed by atoms with van der Waals surface area (Å²) in [5, 5.41) is 5.86. The number of benzene rings is 1. The van der Waals surface area contributed by atoms with Gasteiger partial charge in [-0.2, -0.15) is 0 Å². The number of nitrogens with one attached hydrogen (secondary N) is 2. The maximum absolute atomic E-state index is 12.1. The molecule has 1 fully saturated rings. The second-order valence-corrected chi connectivity index (χ2v) is 6.80. The van der Waals surface area contributed by atoms with E-state index < -0.39 is 0 Å². The third-order valence-corrected chi connectivity index (χ3v) is 5.12. The molecule has 2 N–H and O–H groups in total. The van der Waals surface area contributed by atoms with E-state index in [1.54, 1.807) is 0 Å². The summed E-state index contributed by atoms with van der Waals surface area (Å²) >= 11 is 0. The lowest BCUT2D eigenvalue weighted by Gasteiger charge is -2.28. The Balaban J connectivity index is 1.31. The molecule has 0 heterocycles. The van der Waals surface area contributed by atoms with Crippen molar-refractivity contribution in [2.75, 3.05) is 13.1 Å². The molecular formula is C19H26N2O2. The van der Waals surface area contributed by atoms with Gasteiger partial charge in [0.05, 0.1) is 5.92 Å². The van der Waals surface area contributed by atoms with E-state index in [-0.39, 0.29) is 17.7 Å². The molecule has 124 valence electrons. The van der Waals surface area contributed by atoms with Gasteiger partial charge in [-0.15, -0.1) is 0 Å². The molecule has 0 spiro atoms. The van der Waals surface area contributed by atoms with Crippen LogP contribution in [0.25, 0.3) is 0 Å². The van der Waals surface area contributed by atoms with Gasteiger partial charge in [0.1, 0.15) is 0 Å². The quantitative estimate of drug-likeness (QED) is 0.793. The number of hydrogen-bond acceptors (Lipinski definition) is 2. The van der Waals surface area contributed by atoms with Gasteiger partial charge in [-0.3, -0.25) is 9.59 Å². The normalized spacial score (nSPS) is 20.3. The molecule has 0 unspecified atom stereocenters. The lowest BCUT2D eigenvalue weighted by Crippen LogP contribution is -2.40. The van der Waals surface area contributed by atoms with Crippen molar-refractivity contribution >= 4 is 11.8 Å². The summed E-state index contributed by atoms with van der Waals surface area (Å²) in [5.74, 6) is 0.749. The largest absolute Gasteiger partial charge is 0.354 e. The van der Waals surface area contributed by atoms with Gasteiger partial charge in [0, 0.05) is 19.5 Å². The molecule has 0 saturated heterocycles. The monoisotopic (exact) mass is 314 g/mol. The second-order valence-electron chi connectivity index (χ2n) is 6.80. The fourth-order valence-corrected chi connectivity index (χ4v) is 3.73. The Morgan fingerprint density at radius 1 is 1.00 bits per heavy atom. The Morgan fingerprint density at radius 3 is 2.52 bits per heavy atom. The van der Waals surface area contributed by atoms with E-state index in [0.29, 0.717) is 25.4 Å². The molecule has 0 aromatic heterocycles. The smallest absolute Gasteiger partial charge is 0.227 e. The first-order valence-electron chi connectivity index (χ1n) is 8.86. The standard InChI is InChI=1S/C19H26N2O2/c22-18(12-14-6-2-1-3-7-14)20-10-11-21-19(23)17-13-15-8-4-5-9-16(15)17/h4-5,8-9,14,17H,1-3,6-7,10-13H2,(H,20,22)(H,21,23)/t17-/m1/s1. The average Bonchev–Trinajstić information content (AvgIpc) is 2.54. The van der Waals surface area contributed by atoms with Crippen LogP contribution in [-0.2, 0) is 16.0 Å². The van der Waals surface area contributed by atoms with Crippen molar-refractivity contribution in [3.8, 4) is 0 Å². The van der Waals surface area contributed by atoms with Gasteiger partial charge >= 0.3 is 0 Å². The third-order valence-electron chi connectivity index (χ3n) is 5.12. The number of carbonyl (C=O) groups excluding carboxylic acids is 2. The Kier molecular flexibility index (Phi) is 5.31. The molecule has 1 atom stereocenters. The van der Waals surface area contributed by atoms with Gasteiger partial charge in [0.15, 0.2) is 0 Å². The average molecular weight is 314 g/mol. The van der Waals surface area contributed by atoms with Crippen molar-refractivity contribution in [1.82, 2.24) is 10.6 Å². The first-order valence-corrected chi connectivity index (χ1v) is 8.86. The molecule has 0 aliphatic heterocycles. The van der Waals surface area contributed by atoms with Gasteiger partial charge in [-0.25, -0.2) is 0 Å². The van der Waals surface area contributed by atoms with Crippen LogP contribution in [0.5, 0.6) is 0 Å². The lowest BCUT2D eigenvalue weighted by molar-refractivity contribution is -0.124. The van der Waals surface area contributed by atoms with E-state index in [1.165, 1.54) is 37.7 Å². The zero-order valence-electron chi connectivity index (χ0n) is 13.6. The van der Waals surface area contributed by atoms with E-state index >= 15 is 0 Å². The molecule has 0 bridgehead atoms. The highest BCUT2D eigenvalue weighted by atomic mass is 16.2. The maximum Gasteiger partial charge on any atom is 0.227 e. The molecule has 2 aliphatic carbocycles. The molecule has 2 amide bonds. The van der Waals surface area contributed by atoms with Crippen LogP contribution in [0.1, 0.15) is 55.6 Å². The molecule has 0 radical (unpaired) electrons. The van der Waals surface area contributed by atoms with Crippen LogP contribution in [0.3, 0.4) is 0 Å². The predicted molar refractivity (Wildman–Crippen MR) is 90.1 cm³/mol. The van der Waals surface area contributed by atoms with E-state index in [2.05, 4.69) is 16.7 Å². The number of rotatable bonds is 6. The molecular weight excluding hydrogens is 288 g/mol. The third kappa shape index (κ3) is 4.12. The zero-order valence-corrected chi connectivity index (χ0v) is 13.6. The molecule has 1 aromatic carbocycles. The molecule has 3 rings (SSSR count). The van der Waals surface area contributed by atoms with Gasteiger partial charge < -0.3 is 10.6 Å². The van der Waals surface area contributed by atoms with E-state index in [4.69, 9.17) is 0 Å². The van der Waals surface area contributed by atoms with Gasteiger partial charge in [0.2, 0.25) is 11.8 Å². The predicted octanol–water partition coefficient (Wildman–Crippen LogP) is 2.53. The molecule has 4 heteroatoms. The topological polar surface area (TPSA) is 58.2 Å². The van der Waals surface area contributed by atoms with Crippen molar-refractivity contribution < 1.29 is 9.59 Å². The summed E-state index contributed by atoms with van der Waals surface area (Å²) in [5.41, 5.74) is 2.42. The second kappa shape index (κ2) is 7.62. The summed E-state index contributed by atoms with van der Waals surface area (Å²) in [6.45, 7) is 1.03. The van der Waals surface area contributed by atoms with Crippen LogP contribution >= 0.6 is 0 Å². The highest BCUT2D eigenvalue weighted by Crippen LogP contribution is 2.34. The number of amides is 2. The van der Waals surface area contributed by atoms with Crippen molar-refractivity contribution in [3.05, 3.63) is 35.4 Å². The van der Waals surface area contributed by atoms with Gasteiger partial charge in [0.25, 0.3) is 0 Å². The molecule has 1 aromatic rings. The van der Waals surface area contributed by atoms with Crippen molar-refractivity contribution in [2.24, 2.45) is 5.92 Å². The minimum absolute atomic E-state index is 0.0101. The number of fused-ring (bicyclic) bond motifs is 1. The number of carbonyl (C=O) groups is 2. The van der Waals surface area contributed by atoms with Crippen LogP contribution in [0.15, 0.2) is 24.3 Å². The van der Waals surface area contributed by atoms with Crippen LogP contribution < -0.4 is 10.6 Å². The van der Waals surface area contributed by atoms with Gasteiger partial charge in [-0.1, -0.05) is 43.5 Å². The Bertz CT molecular complexity index is 564. The van der Waals surface area contributed by atoms with E-state index in [9.17, 15) is 9.59 Å². The molecule has 2 aliphatic rings. The summed E-state index contributed by atoms with van der Waals surface area (Å²) in [6, 6.07) is 8.08. The first kappa shape index (κ1) is 16.0. The summed E-state index contributed by atoms with van der Waals surface area (Å²) in [6.07, 6.45) is 7.68. The zero-order chi connectivity index (χ0) is 16.1.